The van der Waals surface area contributed by atoms with E-state index in [4.69, 9.17) is 4.74 Å². The maximum absolute atomic E-state index is 11.4. The zero-order valence-corrected chi connectivity index (χ0v) is 13.0. The Bertz CT molecular complexity index is 612. The molecule has 7 heteroatoms. The van der Waals surface area contributed by atoms with Crippen LogP contribution in [0.5, 0.6) is 5.75 Å². The first-order valence-corrected chi connectivity index (χ1v) is 8.12. The van der Waals surface area contributed by atoms with Crippen molar-refractivity contribution in [1.29, 1.82) is 0 Å². The number of fused-ring (bicyclic) bond motifs is 1. The predicted octanol–water partition coefficient (Wildman–Crippen LogP) is 3.31. The van der Waals surface area contributed by atoms with Crippen molar-refractivity contribution in [3.63, 3.8) is 0 Å². The van der Waals surface area contributed by atoms with E-state index >= 15 is 0 Å². The van der Waals surface area contributed by atoms with Gasteiger partial charge in [0.15, 0.2) is 12.4 Å². The summed E-state index contributed by atoms with van der Waals surface area (Å²) in [6.45, 7) is 0.581. The highest BCUT2D eigenvalue weighted by molar-refractivity contribution is 5.96. The van der Waals surface area contributed by atoms with Gasteiger partial charge in [-0.05, 0) is 18.4 Å². The van der Waals surface area contributed by atoms with E-state index in [0.29, 0.717) is 29.6 Å². The van der Waals surface area contributed by atoms with Crippen LogP contribution in [0.15, 0.2) is 12.1 Å². The molecule has 1 aromatic rings. The molecular formula is C16H21N3O4. The third-order valence-electron chi connectivity index (χ3n) is 4.52. The number of hydrogen-bond acceptors (Lipinski definition) is 5. The van der Waals surface area contributed by atoms with E-state index in [1.54, 1.807) is 6.07 Å². The Balaban J connectivity index is 1.70. The molecule has 7 nitrogen and oxygen atoms in total. The molecule has 1 fully saturated rings. The number of nitrogens with one attached hydrogen (secondary N) is 2. The zero-order valence-electron chi connectivity index (χ0n) is 13.0. The lowest BCUT2D eigenvalue weighted by molar-refractivity contribution is -0.384. The third kappa shape index (κ3) is 3.72. The lowest BCUT2D eigenvalue weighted by atomic mass is 9.87. The zero-order chi connectivity index (χ0) is 16.2. The number of ether oxygens (including phenoxy) is 1. The predicted molar refractivity (Wildman–Crippen MR) is 86.9 cm³/mol. The van der Waals surface area contributed by atoms with Gasteiger partial charge in [-0.15, -0.1) is 0 Å². The topological polar surface area (TPSA) is 93.5 Å². The van der Waals surface area contributed by atoms with Gasteiger partial charge in [0.25, 0.3) is 11.6 Å². The van der Waals surface area contributed by atoms with Gasteiger partial charge in [-0.3, -0.25) is 14.9 Å². The first-order valence-electron chi connectivity index (χ1n) is 8.12. The summed E-state index contributed by atoms with van der Waals surface area (Å²) in [6.07, 6.45) is 7.40. The summed E-state index contributed by atoms with van der Waals surface area (Å²) in [5, 5.41) is 17.1. The second-order valence-corrected chi connectivity index (χ2v) is 6.18. The van der Waals surface area contributed by atoms with Crippen molar-refractivity contribution < 1.29 is 14.5 Å². The highest BCUT2D eigenvalue weighted by Gasteiger charge is 2.23. The minimum atomic E-state index is -0.428. The van der Waals surface area contributed by atoms with Gasteiger partial charge in [0, 0.05) is 6.54 Å². The summed E-state index contributed by atoms with van der Waals surface area (Å²) in [6, 6.07) is 2.96. The minimum absolute atomic E-state index is 0.0245. The molecule has 1 saturated carbocycles. The lowest BCUT2D eigenvalue weighted by Gasteiger charge is -2.22. The highest BCUT2D eigenvalue weighted by Crippen LogP contribution is 2.38. The van der Waals surface area contributed by atoms with E-state index < -0.39 is 4.92 Å². The fraction of sp³-hybridized carbons (Fsp3) is 0.562. The number of anilines is 2. The molecule has 0 radical (unpaired) electrons. The van der Waals surface area contributed by atoms with Gasteiger partial charge in [-0.2, -0.15) is 0 Å². The summed E-state index contributed by atoms with van der Waals surface area (Å²) in [5.41, 5.74) is 0.880. The van der Waals surface area contributed by atoms with Crippen molar-refractivity contribution in [1.82, 2.24) is 0 Å². The molecule has 0 bridgehead atoms. The van der Waals surface area contributed by atoms with Crippen molar-refractivity contribution >= 4 is 23.0 Å². The number of benzene rings is 1. The maximum Gasteiger partial charge on any atom is 0.296 e. The summed E-state index contributed by atoms with van der Waals surface area (Å²) in [4.78, 5) is 22.2. The van der Waals surface area contributed by atoms with E-state index in [1.165, 1.54) is 38.2 Å². The Morgan fingerprint density at radius 2 is 2.09 bits per heavy atom. The molecule has 0 aromatic heterocycles. The Kier molecular flexibility index (Phi) is 4.64. The largest absolute Gasteiger partial charge is 0.481 e. The number of nitro benzene ring substituents is 1. The number of nitrogens with zero attached hydrogens (tertiary/aromatic N) is 1. The summed E-state index contributed by atoms with van der Waals surface area (Å²) < 4.78 is 5.24. The van der Waals surface area contributed by atoms with Crippen molar-refractivity contribution in [2.75, 3.05) is 23.8 Å². The molecule has 1 aliphatic carbocycles. The SMILES string of the molecule is O=C1COc2cc([N+](=O)[O-])c(NCCC3CCCCC3)cc2N1. The quantitative estimate of drug-likeness (QED) is 0.641. The number of carbonyl (C=O) groups is 1. The number of carbonyl (C=O) groups excluding carboxylic acids is 1. The number of rotatable bonds is 5. The maximum atomic E-state index is 11.4. The van der Waals surface area contributed by atoms with E-state index in [-0.39, 0.29) is 18.2 Å². The van der Waals surface area contributed by atoms with Crippen molar-refractivity contribution in [3.8, 4) is 5.75 Å². The Labute approximate surface area is 134 Å². The fourth-order valence-electron chi connectivity index (χ4n) is 3.30. The van der Waals surface area contributed by atoms with E-state index in [2.05, 4.69) is 10.6 Å². The first kappa shape index (κ1) is 15.6. The number of hydrogen-bond donors (Lipinski definition) is 2. The van der Waals surface area contributed by atoms with E-state index in [9.17, 15) is 14.9 Å². The van der Waals surface area contributed by atoms with Crippen LogP contribution in [0.1, 0.15) is 38.5 Å². The van der Waals surface area contributed by atoms with Gasteiger partial charge in [-0.1, -0.05) is 32.1 Å². The van der Waals surface area contributed by atoms with Gasteiger partial charge in [-0.25, -0.2) is 0 Å². The molecular weight excluding hydrogens is 298 g/mol. The van der Waals surface area contributed by atoms with Crippen LogP contribution in [0.3, 0.4) is 0 Å². The van der Waals surface area contributed by atoms with Crippen LogP contribution in [-0.4, -0.2) is 24.0 Å². The van der Waals surface area contributed by atoms with Crippen LogP contribution in [0.25, 0.3) is 0 Å². The second-order valence-electron chi connectivity index (χ2n) is 6.18. The van der Waals surface area contributed by atoms with Crippen LogP contribution in [0, 0.1) is 16.0 Å². The Morgan fingerprint density at radius 1 is 1.30 bits per heavy atom. The van der Waals surface area contributed by atoms with Gasteiger partial charge >= 0.3 is 0 Å². The van der Waals surface area contributed by atoms with Gasteiger partial charge in [0.05, 0.1) is 16.7 Å². The average molecular weight is 319 g/mol. The van der Waals surface area contributed by atoms with Crippen LogP contribution in [0.4, 0.5) is 17.1 Å². The average Bonchev–Trinajstić information content (AvgIpc) is 2.55. The molecule has 1 heterocycles. The summed E-state index contributed by atoms with van der Waals surface area (Å²) >= 11 is 0. The first-order chi connectivity index (χ1) is 11.1. The van der Waals surface area contributed by atoms with E-state index in [0.717, 1.165) is 6.42 Å². The summed E-state index contributed by atoms with van der Waals surface area (Å²) in [7, 11) is 0. The molecule has 1 amide bonds. The molecule has 2 aliphatic rings. The smallest absolute Gasteiger partial charge is 0.296 e. The molecule has 0 unspecified atom stereocenters. The Morgan fingerprint density at radius 3 is 2.83 bits per heavy atom. The number of amides is 1. The van der Waals surface area contributed by atoms with Crippen molar-refractivity contribution in [2.45, 2.75) is 38.5 Å². The van der Waals surface area contributed by atoms with Crippen molar-refractivity contribution in [3.05, 3.63) is 22.2 Å². The Hall–Kier alpha value is -2.31. The monoisotopic (exact) mass is 319 g/mol. The van der Waals surface area contributed by atoms with Gasteiger partial charge in [0.2, 0.25) is 0 Å². The summed E-state index contributed by atoms with van der Waals surface area (Å²) in [5.74, 6) is 0.796. The molecule has 124 valence electrons. The molecule has 0 saturated heterocycles. The van der Waals surface area contributed by atoms with Crippen LogP contribution in [-0.2, 0) is 4.79 Å². The molecule has 0 spiro atoms. The van der Waals surface area contributed by atoms with Gasteiger partial charge < -0.3 is 15.4 Å². The minimum Gasteiger partial charge on any atom is -0.481 e. The van der Waals surface area contributed by atoms with Crippen LogP contribution in [0.2, 0.25) is 0 Å². The molecule has 3 rings (SSSR count). The fourth-order valence-corrected chi connectivity index (χ4v) is 3.30. The molecule has 1 aliphatic heterocycles. The lowest BCUT2D eigenvalue weighted by Crippen LogP contribution is -2.25. The second kappa shape index (κ2) is 6.85. The molecule has 23 heavy (non-hydrogen) atoms. The van der Waals surface area contributed by atoms with Gasteiger partial charge in [0.1, 0.15) is 5.69 Å². The standard InChI is InChI=1S/C16H21N3O4/c20-16-10-23-15-9-14(19(21)22)12(8-13(15)18-16)17-7-6-11-4-2-1-3-5-11/h8-9,11,17H,1-7,10H2,(H,18,20). The highest BCUT2D eigenvalue weighted by atomic mass is 16.6. The molecule has 0 atom stereocenters. The van der Waals surface area contributed by atoms with Crippen molar-refractivity contribution in [2.24, 2.45) is 5.92 Å². The van der Waals surface area contributed by atoms with Crippen LogP contribution >= 0.6 is 0 Å². The third-order valence-corrected chi connectivity index (χ3v) is 4.52. The van der Waals surface area contributed by atoms with Crippen LogP contribution < -0.4 is 15.4 Å². The molecule has 1 aromatic carbocycles. The van der Waals surface area contributed by atoms with E-state index in [1.807, 2.05) is 0 Å². The normalized spacial score (nSPS) is 17.8. The number of nitro groups is 1. The molecule has 2 N–H and O–H groups in total.